The highest BCUT2D eigenvalue weighted by molar-refractivity contribution is 7.89. The molecule has 3 heterocycles. The number of carbonyl (C=O) groups is 1. The van der Waals surface area contributed by atoms with Crippen LogP contribution in [0.3, 0.4) is 0 Å². The summed E-state index contributed by atoms with van der Waals surface area (Å²) in [6.45, 7) is 4.89. The maximum absolute atomic E-state index is 13.0. The van der Waals surface area contributed by atoms with Gasteiger partial charge in [0.25, 0.3) is 0 Å². The second-order valence-electron chi connectivity index (χ2n) is 8.42. The Bertz CT molecular complexity index is 1130. The summed E-state index contributed by atoms with van der Waals surface area (Å²) in [5.74, 6) is -0.161. The number of piperazine rings is 1. The lowest BCUT2D eigenvalue weighted by Crippen LogP contribution is -2.50. The van der Waals surface area contributed by atoms with Gasteiger partial charge < -0.3 is 4.90 Å². The summed E-state index contributed by atoms with van der Waals surface area (Å²) in [6, 6.07) is 1.08. The zero-order chi connectivity index (χ0) is 24.0. The first-order chi connectivity index (χ1) is 15.5. The number of halogens is 3. The first kappa shape index (κ1) is 23.7. The summed E-state index contributed by atoms with van der Waals surface area (Å²) in [5.41, 5.74) is 0.0191. The average molecular weight is 489 g/mol. The van der Waals surface area contributed by atoms with E-state index in [1.165, 1.54) is 15.2 Å². The van der Waals surface area contributed by atoms with Gasteiger partial charge in [-0.25, -0.2) is 8.42 Å². The fraction of sp³-hybridized carbons (Fsp3) is 0.650. The van der Waals surface area contributed by atoms with Gasteiger partial charge in [-0.1, -0.05) is 0 Å². The molecule has 0 bridgehead atoms. The minimum Gasteiger partial charge on any atom is -0.340 e. The van der Waals surface area contributed by atoms with E-state index in [1.807, 2.05) is 6.92 Å². The maximum Gasteiger partial charge on any atom is 0.435 e. The fourth-order valence-electron chi connectivity index (χ4n) is 4.05. The monoisotopic (exact) mass is 488 g/mol. The Hall–Kier alpha value is -2.41. The van der Waals surface area contributed by atoms with Crippen molar-refractivity contribution in [2.45, 2.75) is 63.2 Å². The number of rotatable bonds is 7. The number of nitrogens with zero attached hydrogens (tertiary/aromatic N) is 6. The molecule has 2 aromatic rings. The number of aromatic nitrogens is 4. The van der Waals surface area contributed by atoms with Gasteiger partial charge in [0.15, 0.2) is 5.69 Å². The first-order valence-corrected chi connectivity index (χ1v) is 12.4. The molecule has 33 heavy (non-hydrogen) atoms. The van der Waals surface area contributed by atoms with Crippen molar-refractivity contribution in [1.82, 2.24) is 28.8 Å². The van der Waals surface area contributed by atoms with E-state index in [-0.39, 0.29) is 55.9 Å². The number of aryl methyl sites for hydroxylation is 3. The molecular weight excluding hydrogens is 461 g/mol. The zero-order valence-electron chi connectivity index (χ0n) is 18.5. The minimum absolute atomic E-state index is 0.00776. The maximum atomic E-state index is 13.0. The van der Waals surface area contributed by atoms with Crippen LogP contribution in [0.5, 0.6) is 0 Å². The molecule has 182 valence electrons. The van der Waals surface area contributed by atoms with Crippen LogP contribution in [0.1, 0.15) is 49.2 Å². The highest BCUT2D eigenvalue weighted by Gasteiger charge is 2.38. The van der Waals surface area contributed by atoms with E-state index in [1.54, 1.807) is 16.5 Å². The summed E-state index contributed by atoms with van der Waals surface area (Å²) in [7, 11) is -3.71. The second kappa shape index (κ2) is 8.75. The molecule has 1 amide bonds. The van der Waals surface area contributed by atoms with Crippen LogP contribution in [0.25, 0.3) is 0 Å². The van der Waals surface area contributed by atoms with Crippen molar-refractivity contribution in [2.75, 3.05) is 26.2 Å². The van der Waals surface area contributed by atoms with Gasteiger partial charge in [0.05, 0.1) is 5.69 Å². The molecule has 1 aliphatic carbocycles. The average Bonchev–Trinajstić information content (AvgIpc) is 3.39. The van der Waals surface area contributed by atoms with Gasteiger partial charge in [0.2, 0.25) is 15.9 Å². The predicted octanol–water partition coefficient (Wildman–Crippen LogP) is 2.23. The van der Waals surface area contributed by atoms with Crippen LogP contribution in [-0.2, 0) is 34.1 Å². The summed E-state index contributed by atoms with van der Waals surface area (Å²) in [5, 5.41) is 7.88. The summed E-state index contributed by atoms with van der Waals surface area (Å²) in [6.07, 6.45) is -1.35. The topological polar surface area (TPSA) is 93.3 Å². The SMILES string of the molecule is CCn1cc(S(=O)(=O)N2CCN(C(=O)CCn3nc(C(F)(F)F)cc3C3CC3)CC2)c(C)n1. The van der Waals surface area contributed by atoms with E-state index in [0.29, 0.717) is 17.9 Å². The van der Waals surface area contributed by atoms with Gasteiger partial charge in [-0.3, -0.25) is 14.2 Å². The minimum atomic E-state index is -4.52. The summed E-state index contributed by atoms with van der Waals surface area (Å²) < 4.78 is 69.3. The normalized spacial score (nSPS) is 18.2. The van der Waals surface area contributed by atoms with E-state index in [9.17, 15) is 26.4 Å². The van der Waals surface area contributed by atoms with Crippen LogP contribution in [0.4, 0.5) is 13.2 Å². The first-order valence-electron chi connectivity index (χ1n) is 11.0. The van der Waals surface area contributed by atoms with Crippen LogP contribution in [0.15, 0.2) is 17.2 Å². The molecule has 0 atom stereocenters. The Morgan fingerprint density at radius 2 is 1.82 bits per heavy atom. The quantitative estimate of drug-likeness (QED) is 0.596. The number of amides is 1. The van der Waals surface area contributed by atoms with Crippen LogP contribution in [0.2, 0.25) is 0 Å². The molecule has 9 nitrogen and oxygen atoms in total. The van der Waals surface area contributed by atoms with Gasteiger partial charge in [-0.2, -0.15) is 27.7 Å². The number of hydrogen-bond donors (Lipinski definition) is 0. The van der Waals surface area contributed by atoms with E-state index in [0.717, 1.165) is 18.9 Å². The fourth-order valence-corrected chi connectivity index (χ4v) is 5.64. The molecular formula is C20H27F3N6O3S. The molecule has 0 aromatic carbocycles. The number of carbonyl (C=O) groups excluding carboxylic acids is 1. The van der Waals surface area contributed by atoms with Crippen LogP contribution >= 0.6 is 0 Å². The molecule has 2 aromatic heterocycles. The van der Waals surface area contributed by atoms with Crippen LogP contribution in [-0.4, -0.2) is 69.3 Å². The molecule has 0 spiro atoms. The molecule has 2 fully saturated rings. The standard InChI is InChI=1S/C20H27F3N6O3S/c1-3-27-13-17(14(2)24-27)33(31,32)28-10-8-26(9-11-28)19(30)6-7-29-16(15-4-5-15)12-18(25-29)20(21,22)23/h12-13,15H,3-11H2,1-2H3. The number of sulfonamides is 1. The molecule has 4 rings (SSSR count). The van der Waals surface area contributed by atoms with Crippen molar-refractivity contribution in [3.8, 4) is 0 Å². The molecule has 2 aliphatic rings. The molecule has 1 aliphatic heterocycles. The Labute approximate surface area is 190 Å². The van der Waals surface area contributed by atoms with Crippen molar-refractivity contribution in [2.24, 2.45) is 0 Å². The van der Waals surface area contributed by atoms with E-state index in [4.69, 9.17) is 0 Å². The second-order valence-corrected chi connectivity index (χ2v) is 10.3. The molecule has 0 N–H and O–H groups in total. The van der Waals surface area contributed by atoms with Crippen molar-refractivity contribution in [1.29, 1.82) is 0 Å². The molecule has 1 saturated heterocycles. The van der Waals surface area contributed by atoms with Crippen molar-refractivity contribution in [3.05, 3.63) is 29.3 Å². The van der Waals surface area contributed by atoms with Gasteiger partial charge in [-0.05, 0) is 32.8 Å². The van der Waals surface area contributed by atoms with E-state index >= 15 is 0 Å². The third kappa shape index (κ3) is 4.93. The van der Waals surface area contributed by atoms with Crippen LogP contribution in [0, 0.1) is 6.92 Å². The van der Waals surface area contributed by atoms with E-state index in [2.05, 4.69) is 10.2 Å². The van der Waals surface area contributed by atoms with Crippen molar-refractivity contribution in [3.63, 3.8) is 0 Å². The third-order valence-corrected chi connectivity index (χ3v) is 8.07. The summed E-state index contributed by atoms with van der Waals surface area (Å²) in [4.78, 5) is 14.4. The van der Waals surface area contributed by atoms with Crippen LogP contribution < -0.4 is 0 Å². The lowest BCUT2D eigenvalue weighted by Gasteiger charge is -2.34. The van der Waals surface area contributed by atoms with Crippen molar-refractivity contribution < 1.29 is 26.4 Å². The largest absolute Gasteiger partial charge is 0.435 e. The molecule has 1 saturated carbocycles. The van der Waals surface area contributed by atoms with Gasteiger partial charge >= 0.3 is 6.18 Å². The van der Waals surface area contributed by atoms with Gasteiger partial charge in [-0.15, -0.1) is 0 Å². The Morgan fingerprint density at radius 1 is 1.15 bits per heavy atom. The van der Waals surface area contributed by atoms with Gasteiger partial charge in [0, 0.05) is 63.5 Å². The Kier molecular flexibility index (Phi) is 6.29. The lowest BCUT2D eigenvalue weighted by molar-refractivity contribution is -0.141. The molecule has 13 heteroatoms. The Morgan fingerprint density at radius 3 is 2.36 bits per heavy atom. The molecule has 0 unspecified atom stereocenters. The third-order valence-electron chi connectivity index (χ3n) is 6.07. The highest BCUT2D eigenvalue weighted by Crippen LogP contribution is 2.42. The predicted molar refractivity (Wildman–Crippen MR) is 112 cm³/mol. The molecule has 0 radical (unpaired) electrons. The Balaban J connectivity index is 1.35. The van der Waals surface area contributed by atoms with Crippen molar-refractivity contribution >= 4 is 15.9 Å². The number of alkyl halides is 3. The zero-order valence-corrected chi connectivity index (χ0v) is 19.4. The number of hydrogen-bond acceptors (Lipinski definition) is 5. The lowest BCUT2D eigenvalue weighted by atomic mass is 10.2. The highest BCUT2D eigenvalue weighted by atomic mass is 32.2. The smallest absolute Gasteiger partial charge is 0.340 e. The van der Waals surface area contributed by atoms with E-state index < -0.39 is 21.9 Å². The summed E-state index contributed by atoms with van der Waals surface area (Å²) >= 11 is 0. The van der Waals surface area contributed by atoms with Gasteiger partial charge in [0.1, 0.15) is 4.90 Å².